The molecule has 3 atom stereocenters. The van der Waals surface area contributed by atoms with E-state index >= 15 is 0 Å². The van der Waals surface area contributed by atoms with Gasteiger partial charge in [0.2, 0.25) is 5.96 Å². The first-order chi connectivity index (χ1) is 17.2. The number of guanidine groups is 1. The number of allylic oxidation sites excluding steroid dienone is 3. The van der Waals surface area contributed by atoms with E-state index in [2.05, 4.69) is 30.6 Å². The molecular weight excluding hydrogens is 511 g/mol. The number of amidine groups is 1. The predicted molar refractivity (Wildman–Crippen MR) is 138 cm³/mol. The number of hydrogen-bond donors (Lipinski definition) is 3. The molecule has 3 aliphatic rings. The summed E-state index contributed by atoms with van der Waals surface area (Å²) in [5, 5.41) is 11.2. The quantitative estimate of drug-likeness (QED) is 0.485. The van der Waals surface area contributed by atoms with Gasteiger partial charge in [-0.15, -0.1) is 11.8 Å². The molecule has 3 heterocycles. The van der Waals surface area contributed by atoms with Crippen molar-refractivity contribution in [3.63, 3.8) is 0 Å². The smallest absolute Gasteiger partial charge is 0.326 e. The molecule has 36 heavy (non-hydrogen) atoms. The molecule has 0 aromatic carbocycles. The van der Waals surface area contributed by atoms with Crippen molar-refractivity contribution < 1.29 is 17.4 Å². The Balaban J connectivity index is 1.60. The maximum Gasteiger partial charge on any atom is 0.408 e. The number of nitrogens with two attached hydrogens (primary N) is 1. The number of nitrogens with zero attached hydrogens (tertiary/aromatic N) is 4. The molecule has 190 valence electrons. The highest BCUT2D eigenvalue weighted by Crippen LogP contribution is 2.20. The first kappa shape index (κ1) is 26.0. The van der Waals surface area contributed by atoms with Crippen molar-refractivity contribution in [1.29, 1.82) is 0 Å². The van der Waals surface area contributed by atoms with E-state index < -0.39 is 29.7 Å². The number of hydrogen-bond acceptors (Lipinski definition) is 6. The number of fused-ring (bicyclic) bond motifs is 1. The van der Waals surface area contributed by atoms with E-state index in [0.717, 1.165) is 16.0 Å². The first-order valence-electron chi connectivity index (χ1n) is 10.9. The second-order valence-corrected chi connectivity index (χ2v) is 10.1. The van der Waals surface area contributed by atoms with Crippen molar-refractivity contribution in [2.45, 2.75) is 28.8 Å². The summed E-state index contributed by atoms with van der Waals surface area (Å²) in [6, 6.07) is 1.13. The third kappa shape index (κ3) is 7.02. The minimum atomic E-state index is -4.47. The largest absolute Gasteiger partial charge is 0.408 e. The third-order valence-electron chi connectivity index (χ3n) is 5.35. The molecule has 0 radical (unpaired) electrons. The second-order valence-electron chi connectivity index (χ2n) is 8.00. The summed E-state index contributed by atoms with van der Waals surface area (Å²) in [7, 11) is -1.45. The highest BCUT2D eigenvalue weighted by atomic mass is 32.2. The summed E-state index contributed by atoms with van der Waals surface area (Å²) in [4.78, 5) is 18.1. The van der Waals surface area contributed by atoms with Gasteiger partial charge in [-0.1, -0.05) is 18.2 Å². The monoisotopic (exact) mass is 535 g/mol. The zero-order chi connectivity index (χ0) is 25.7. The molecule has 1 aliphatic carbocycles. The number of rotatable bonds is 6. The van der Waals surface area contributed by atoms with Gasteiger partial charge in [0.15, 0.2) is 0 Å². The molecule has 2 bridgehead atoms. The van der Waals surface area contributed by atoms with Crippen LogP contribution in [0.4, 0.5) is 13.2 Å². The minimum Gasteiger partial charge on any atom is -0.326 e. The molecule has 4 N–H and O–H groups in total. The van der Waals surface area contributed by atoms with Gasteiger partial charge in [0, 0.05) is 28.5 Å². The number of halogens is 3. The average molecular weight is 536 g/mol. The molecule has 0 spiro atoms. The number of thioether (sulfide) groups is 1. The van der Waals surface area contributed by atoms with Crippen LogP contribution in [0.5, 0.6) is 0 Å². The van der Waals surface area contributed by atoms with E-state index in [1.54, 1.807) is 42.8 Å². The van der Waals surface area contributed by atoms with E-state index in [0.29, 0.717) is 17.8 Å². The molecule has 0 saturated carbocycles. The Morgan fingerprint density at radius 1 is 1.22 bits per heavy atom. The summed E-state index contributed by atoms with van der Waals surface area (Å²) < 4.78 is 50.5. The van der Waals surface area contributed by atoms with Crippen LogP contribution in [0.25, 0.3) is 0 Å². The SMILES string of the molecule is CSc1cncc(C2=NC3C=C(C=C2)NC(=NCC2=CCC(S(N)=O)C=C2)NC3=NCC(F)(F)F)c1. The molecule has 4 rings (SSSR count). The molecule has 0 saturated heterocycles. The highest BCUT2D eigenvalue weighted by Gasteiger charge is 2.29. The van der Waals surface area contributed by atoms with Crippen molar-refractivity contribution in [3.05, 3.63) is 71.7 Å². The minimum absolute atomic E-state index is 0.0236. The summed E-state index contributed by atoms with van der Waals surface area (Å²) >= 11 is 1.53. The zero-order valence-corrected chi connectivity index (χ0v) is 20.8. The van der Waals surface area contributed by atoms with Gasteiger partial charge < -0.3 is 10.6 Å². The van der Waals surface area contributed by atoms with Crippen molar-refractivity contribution in [2.24, 2.45) is 20.1 Å². The number of nitrogens with one attached hydrogen (secondary N) is 2. The lowest BCUT2D eigenvalue weighted by Gasteiger charge is -2.16. The lowest BCUT2D eigenvalue weighted by atomic mass is 10.1. The Hall–Kier alpha value is -3.03. The van der Waals surface area contributed by atoms with Gasteiger partial charge >= 0.3 is 6.18 Å². The molecule has 1 aromatic rings. The van der Waals surface area contributed by atoms with Crippen LogP contribution in [0.15, 0.2) is 86.1 Å². The van der Waals surface area contributed by atoms with E-state index in [1.807, 2.05) is 18.4 Å². The van der Waals surface area contributed by atoms with Crippen LogP contribution in [0.2, 0.25) is 0 Å². The standard InChI is InChI=1S/C23H24F3N7OS2/c1-35-17-8-15(11-28-12-17)19-7-4-16-9-20(32-19)21(30-13-23(24,25)26)33-22(31-16)29-10-14-2-5-18(6-3-14)36(27)34/h2-5,7-9,11-12,18,20H,6,10,13,27H2,1H3,(H2,29,30,31,33). The van der Waals surface area contributed by atoms with Gasteiger partial charge in [-0.2, -0.15) is 13.2 Å². The molecule has 1 aromatic heterocycles. The summed E-state index contributed by atoms with van der Waals surface area (Å²) in [5.41, 5.74) is 2.80. The molecule has 3 unspecified atom stereocenters. The highest BCUT2D eigenvalue weighted by molar-refractivity contribution is 7.98. The summed E-state index contributed by atoms with van der Waals surface area (Å²) in [5.74, 6) is 0.272. The molecule has 0 amide bonds. The Morgan fingerprint density at radius 3 is 2.75 bits per heavy atom. The van der Waals surface area contributed by atoms with Gasteiger partial charge in [-0.25, -0.2) is 9.20 Å². The van der Waals surface area contributed by atoms with Crippen LogP contribution in [-0.4, -0.2) is 63.5 Å². The van der Waals surface area contributed by atoms with Crippen molar-refractivity contribution in [2.75, 3.05) is 19.3 Å². The Bertz CT molecular complexity index is 1250. The molecule has 2 aliphatic heterocycles. The number of aromatic nitrogens is 1. The topological polar surface area (TPSA) is 117 Å². The molecule has 0 fully saturated rings. The molecular formula is C23H24F3N7OS2. The zero-order valence-electron chi connectivity index (χ0n) is 19.2. The Morgan fingerprint density at radius 2 is 2.06 bits per heavy atom. The van der Waals surface area contributed by atoms with E-state index in [-0.39, 0.29) is 23.6 Å². The van der Waals surface area contributed by atoms with Gasteiger partial charge in [0.05, 0.1) is 28.5 Å². The van der Waals surface area contributed by atoms with Crippen molar-refractivity contribution in [1.82, 2.24) is 15.6 Å². The third-order valence-corrected chi connectivity index (χ3v) is 7.00. The van der Waals surface area contributed by atoms with Crippen molar-refractivity contribution >= 4 is 40.3 Å². The lowest BCUT2D eigenvalue weighted by Crippen LogP contribution is -2.42. The maximum atomic E-state index is 13.0. The first-order valence-corrected chi connectivity index (χ1v) is 13.4. The normalized spacial score (nSPS) is 24.8. The summed E-state index contributed by atoms with van der Waals surface area (Å²) in [6.45, 7) is -1.10. The van der Waals surface area contributed by atoms with Gasteiger partial charge in [-0.05, 0) is 42.5 Å². The number of pyridine rings is 1. The number of alkyl halides is 3. The van der Waals surface area contributed by atoms with Crippen molar-refractivity contribution in [3.8, 4) is 0 Å². The van der Waals surface area contributed by atoms with Gasteiger partial charge in [-0.3, -0.25) is 20.1 Å². The predicted octanol–water partition coefficient (Wildman–Crippen LogP) is 2.80. The fourth-order valence-corrected chi connectivity index (χ4v) is 4.47. The second kappa shape index (κ2) is 11.4. The Labute approximate surface area is 213 Å². The fraction of sp³-hybridized carbons (Fsp3) is 0.304. The maximum absolute atomic E-state index is 13.0. The van der Waals surface area contributed by atoms with E-state index in [4.69, 9.17) is 5.14 Å². The molecule has 8 nitrogen and oxygen atoms in total. The van der Waals surface area contributed by atoms with Crippen LogP contribution < -0.4 is 15.8 Å². The van der Waals surface area contributed by atoms with Gasteiger partial charge in [0.1, 0.15) is 18.4 Å². The van der Waals surface area contributed by atoms with Crippen LogP contribution in [0.3, 0.4) is 0 Å². The van der Waals surface area contributed by atoms with Crippen LogP contribution in [-0.2, 0) is 11.0 Å². The van der Waals surface area contributed by atoms with Crippen LogP contribution >= 0.6 is 11.8 Å². The van der Waals surface area contributed by atoms with E-state index in [9.17, 15) is 17.4 Å². The van der Waals surface area contributed by atoms with E-state index in [1.165, 1.54) is 11.8 Å². The number of aliphatic imine (C=N–C) groups is 3. The lowest BCUT2D eigenvalue weighted by molar-refractivity contribution is -0.118. The Kier molecular flexibility index (Phi) is 8.21. The summed E-state index contributed by atoms with van der Waals surface area (Å²) in [6.07, 6.45) is 12.1. The van der Waals surface area contributed by atoms with Gasteiger partial charge in [0.25, 0.3) is 0 Å². The van der Waals surface area contributed by atoms with Crippen LogP contribution in [0, 0.1) is 0 Å². The fourth-order valence-electron chi connectivity index (χ4n) is 3.54. The molecule has 13 heteroatoms. The van der Waals surface area contributed by atoms with Crippen LogP contribution in [0.1, 0.15) is 12.0 Å². The average Bonchev–Trinajstić information content (AvgIpc) is 3.17.